The van der Waals surface area contributed by atoms with Crippen molar-refractivity contribution in [3.05, 3.63) is 47.8 Å². The quantitative estimate of drug-likeness (QED) is 0.852. The summed E-state index contributed by atoms with van der Waals surface area (Å²) in [5.74, 6) is -0.0383. The average molecular weight is 312 g/mol. The van der Waals surface area contributed by atoms with Crippen molar-refractivity contribution in [1.82, 2.24) is 9.97 Å². The summed E-state index contributed by atoms with van der Waals surface area (Å²) in [4.78, 5) is 21.3. The first kappa shape index (κ1) is 15.3. The molecule has 120 valence electrons. The van der Waals surface area contributed by atoms with Gasteiger partial charge in [-0.25, -0.2) is 9.97 Å². The number of anilines is 2. The van der Waals surface area contributed by atoms with Crippen LogP contribution in [0.1, 0.15) is 23.5 Å². The number of nitrogens with zero attached hydrogens (tertiary/aromatic N) is 3. The van der Waals surface area contributed by atoms with Crippen LogP contribution in [-0.2, 0) is 11.3 Å². The Morgan fingerprint density at radius 1 is 1.26 bits per heavy atom. The van der Waals surface area contributed by atoms with Crippen molar-refractivity contribution < 1.29 is 9.90 Å². The predicted molar refractivity (Wildman–Crippen MR) is 88.6 cm³/mol. The summed E-state index contributed by atoms with van der Waals surface area (Å²) in [6.45, 7) is 0.647. The third kappa shape index (κ3) is 3.59. The van der Waals surface area contributed by atoms with Gasteiger partial charge in [-0.15, -0.1) is 0 Å². The van der Waals surface area contributed by atoms with E-state index in [0.29, 0.717) is 12.5 Å². The summed E-state index contributed by atoms with van der Waals surface area (Å²) in [7, 11) is 3.81. The molecule has 3 rings (SSSR count). The van der Waals surface area contributed by atoms with Crippen molar-refractivity contribution in [3.63, 3.8) is 0 Å². The molecule has 1 saturated carbocycles. The average Bonchev–Trinajstić information content (AvgIpc) is 3.35. The fraction of sp³-hybridized carbons (Fsp3) is 0.353. The molecule has 0 bridgehead atoms. The summed E-state index contributed by atoms with van der Waals surface area (Å²) >= 11 is 0. The van der Waals surface area contributed by atoms with Gasteiger partial charge >= 0.3 is 5.97 Å². The summed E-state index contributed by atoms with van der Waals surface area (Å²) in [5, 5.41) is 12.3. The maximum atomic E-state index is 10.9. The van der Waals surface area contributed by atoms with Crippen LogP contribution in [0.4, 0.5) is 11.6 Å². The maximum Gasteiger partial charge on any atom is 0.307 e. The van der Waals surface area contributed by atoms with Gasteiger partial charge in [0.25, 0.3) is 0 Å². The number of carboxylic acids is 1. The minimum absolute atomic E-state index is 0.175. The molecular formula is C17H20N4O2. The van der Waals surface area contributed by atoms with Crippen LogP contribution in [0.5, 0.6) is 0 Å². The van der Waals surface area contributed by atoms with Gasteiger partial charge in [-0.3, -0.25) is 4.79 Å². The van der Waals surface area contributed by atoms with E-state index in [0.717, 1.165) is 23.2 Å². The van der Waals surface area contributed by atoms with Crippen molar-refractivity contribution in [1.29, 1.82) is 0 Å². The minimum Gasteiger partial charge on any atom is -0.481 e. The van der Waals surface area contributed by atoms with E-state index in [1.165, 1.54) is 0 Å². The molecule has 6 heteroatoms. The summed E-state index contributed by atoms with van der Waals surface area (Å²) in [6.07, 6.45) is 4.37. The van der Waals surface area contributed by atoms with Crippen LogP contribution in [0.15, 0.2) is 36.7 Å². The Balaban J connectivity index is 1.55. The Bertz CT molecular complexity index is 683. The van der Waals surface area contributed by atoms with Crippen LogP contribution in [0.3, 0.4) is 0 Å². The molecule has 1 aliphatic carbocycles. The lowest BCUT2D eigenvalue weighted by atomic mass is 10.1. The molecule has 0 amide bonds. The van der Waals surface area contributed by atoms with E-state index in [9.17, 15) is 4.79 Å². The van der Waals surface area contributed by atoms with Crippen LogP contribution in [-0.4, -0.2) is 35.1 Å². The normalized spacial score (nSPS) is 19.2. The topological polar surface area (TPSA) is 78.4 Å². The van der Waals surface area contributed by atoms with Gasteiger partial charge in [0.15, 0.2) is 0 Å². The van der Waals surface area contributed by atoms with E-state index >= 15 is 0 Å². The standard InChI is InChI=1S/C17H20N4O2/c1-21(2)17-19-9-11(10-20-17)8-18-13-5-3-12(4-6-13)14-7-15(14)16(22)23/h3-6,9-10,14-15,18H,7-8H2,1-2H3,(H,22,23)/t14-,15+/m0/s1. The van der Waals surface area contributed by atoms with Crippen LogP contribution < -0.4 is 10.2 Å². The lowest BCUT2D eigenvalue weighted by Crippen LogP contribution is -2.13. The zero-order chi connectivity index (χ0) is 16.4. The highest BCUT2D eigenvalue weighted by molar-refractivity contribution is 5.75. The lowest BCUT2D eigenvalue weighted by molar-refractivity contribution is -0.138. The van der Waals surface area contributed by atoms with Gasteiger partial charge in [-0.05, 0) is 30.0 Å². The van der Waals surface area contributed by atoms with Crippen molar-refractivity contribution in [2.45, 2.75) is 18.9 Å². The molecule has 2 aromatic rings. The molecule has 0 aliphatic heterocycles. The molecule has 1 aliphatic rings. The smallest absolute Gasteiger partial charge is 0.307 e. The first-order chi connectivity index (χ1) is 11.0. The Hall–Kier alpha value is -2.63. The fourth-order valence-corrected chi connectivity index (χ4v) is 2.56. The van der Waals surface area contributed by atoms with Crippen molar-refractivity contribution in [2.75, 3.05) is 24.3 Å². The maximum absolute atomic E-state index is 10.9. The Labute approximate surface area is 135 Å². The SMILES string of the molecule is CN(C)c1ncc(CNc2ccc([C@@H]3C[C@H]3C(=O)O)cc2)cn1. The number of rotatable bonds is 6. The molecule has 1 aromatic carbocycles. The predicted octanol–water partition coefficient (Wildman–Crippen LogP) is 2.34. The highest BCUT2D eigenvalue weighted by atomic mass is 16.4. The van der Waals surface area contributed by atoms with Gasteiger partial charge in [0.05, 0.1) is 5.92 Å². The number of nitrogens with one attached hydrogen (secondary N) is 1. The van der Waals surface area contributed by atoms with Crippen molar-refractivity contribution in [3.8, 4) is 0 Å². The largest absolute Gasteiger partial charge is 0.481 e. The van der Waals surface area contributed by atoms with Gasteiger partial charge in [0.1, 0.15) is 0 Å². The van der Waals surface area contributed by atoms with E-state index in [-0.39, 0.29) is 11.8 Å². The Morgan fingerprint density at radius 3 is 2.43 bits per heavy atom. The summed E-state index contributed by atoms with van der Waals surface area (Å²) < 4.78 is 0. The third-order valence-electron chi connectivity index (χ3n) is 4.03. The number of hydrogen-bond donors (Lipinski definition) is 2. The second-order valence-electron chi connectivity index (χ2n) is 6.05. The summed E-state index contributed by atoms with van der Waals surface area (Å²) in [6, 6.07) is 7.98. The second kappa shape index (κ2) is 6.24. The lowest BCUT2D eigenvalue weighted by Gasteiger charge is -2.11. The first-order valence-electron chi connectivity index (χ1n) is 7.59. The number of aliphatic carboxylic acids is 1. The zero-order valence-electron chi connectivity index (χ0n) is 13.2. The van der Waals surface area contributed by atoms with Gasteiger partial charge in [-0.2, -0.15) is 0 Å². The highest BCUT2D eigenvalue weighted by Crippen LogP contribution is 2.47. The number of hydrogen-bond acceptors (Lipinski definition) is 5. The van der Waals surface area contributed by atoms with Gasteiger partial charge in [-0.1, -0.05) is 12.1 Å². The number of carbonyl (C=O) groups is 1. The van der Waals surface area contributed by atoms with Gasteiger partial charge in [0, 0.05) is 44.3 Å². The Kier molecular flexibility index (Phi) is 4.14. The molecule has 2 N–H and O–H groups in total. The molecule has 1 aromatic heterocycles. The van der Waals surface area contributed by atoms with Crippen LogP contribution in [0, 0.1) is 5.92 Å². The molecule has 0 radical (unpaired) electrons. The number of benzene rings is 1. The zero-order valence-corrected chi connectivity index (χ0v) is 13.2. The van der Waals surface area contributed by atoms with E-state index in [1.807, 2.05) is 55.7 Å². The van der Waals surface area contributed by atoms with Crippen molar-refractivity contribution in [2.24, 2.45) is 5.92 Å². The van der Waals surface area contributed by atoms with Crippen molar-refractivity contribution >= 4 is 17.6 Å². The number of aromatic nitrogens is 2. The van der Waals surface area contributed by atoms with Crippen LogP contribution >= 0.6 is 0 Å². The van der Waals surface area contributed by atoms with E-state index < -0.39 is 5.97 Å². The molecule has 1 fully saturated rings. The minimum atomic E-state index is -0.696. The first-order valence-corrected chi connectivity index (χ1v) is 7.59. The number of carboxylic acid groups (broad SMARTS) is 1. The summed E-state index contributed by atoms with van der Waals surface area (Å²) in [5.41, 5.74) is 3.10. The monoisotopic (exact) mass is 312 g/mol. The molecule has 0 unspecified atom stereocenters. The molecule has 1 heterocycles. The molecule has 2 atom stereocenters. The van der Waals surface area contributed by atoms with E-state index in [4.69, 9.17) is 5.11 Å². The molecule has 0 spiro atoms. The Morgan fingerprint density at radius 2 is 1.91 bits per heavy atom. The van der Waals surface area contributed by atoms with Crippen LogP contribution in [0.25, 0.3) is 0 Å². The molecule has 23 heavy (non-hydrogen) atoms. The molecule has 6 nitrogen and oxygen atoms in total. The van der Waals surface area contributed by atoms with Gasteiger partial charge < -0.3 is 15.3 Å². The molecule has 0 saturated heterocycles. The van der Waals surface area contributed by atoms with E-state index in [1.54, 1.807) is 0 Å². The third-order valence-corrected chi connectivity index (χ3v) is 4.03. The van der Waals surface area contributed by atoms with E-state index in [2.05, 4.69) is 15.3 Å². The fourth-order valence-electron chi connectivity index (χ4n) is 2.56. The second-order valence-corrected chi connectivity index (χ2v) is 6.05. The van der Waals surface area contributed by atoms with Crippen LogP contribution in [0.2, 0.25) is 0 Å². The van der Waals surface area contributed by atoms with Gasteiger partial charge in [0.2, 0.25) is 5.95 Å². The highest BCUT2D eigenvalue weighted by Gasteiger charge is 2.43. The molecular weight excluding hydrogens is 292 g/mol.